The average Bonchev–Trinajstić information content (AvgIpc) is 3.02. The zero-order valence-corrected chi connectivity index (χ0v) is 27.0. The van der Waals surface area contributed by atoms with E-state index in [2.05, 4.69) is 34.4 Å². The minimum Gasteiger partial charge on any atom is -0.247 e. The van der Waals surface area contributed by atoms with Gasteiger partial charge in [0.05, 0.1) is 13.2 Å². The van der Waals surface area contributed by atoms with E-state index >= 15 is 0 Å². The maximum atomic E-state index is 12.0. The normalized spacial score (nSPS) is 15.2. The Morgan fingerprint density at radius 2 is 1.02 bits per heavy atom. The van der Waals surface area contributed by atoms with Gasteiger partial charge in [-0.05, 0) is 13.8 Å². The third-order valence-corrected chi connectivity index (χ3v) is 6.43. The summed E-state index contributed by atoms with van der Waals surface area (Å²) in [6.45, 7) is 12.0. The summed E-state index contributed by atoms with van der Waals surface area (Å²) in [5, 5.41) is 10.8. The fourth-order valence-corrected chi connectivity index (χ4v) is 4.08. The molecule has 257 valence electrons. The molecule has 0 heterocycles. The van der Waals surface area contributed by atoms with Crippen LogP contribution in [-0.2, 0) is 38.0 Å². The number of amides is 3. The number of hydrogen-bond donors (Lipinski definition) is 4. The number of ether oxygens (including phenoxy) is 6. The molecule has 0 spiro atoms. The van der Waals surface area contributed by atoms with E-state index in [9.17, 15) is 24.0 Å². The molecule has 0 aromatic carbocycles. The maximum absolute atomic E-state index is 12.0. The summed E-state index contributed by atoms with van der Waals surface area (Å²) in [7, 11) is 5.90. The molecule has 2 unspecified atom stereocenters. The summed E-state index contributed by atoms with van der Waals surface area (Å²) < 4.78 is 30.2. The summed E-state index contributed by atoms with van der Waals surface area (Å²) in [6.07, 6.45) is 2.78. The van der Waals surface area contributed by atoms with Gasteiger partial charge in [-0.2, -0.15) is 0 Å². The van der Waals surface area contributed by atoms with E-state index in [0.29, 0.717) is 43.0 Å². The average molecular weight is 652 g/mol. The SMILES string of the molecule is [B]=C(NCC1CCCC(CNC(=O)OCCNC(=O)OCCCOC(=O)C(=C)C)C1)OCCNC(=O)OCCCOC(=O)C(=C)C. The molecule has 1 saturated carbocycles. The first kappa shape index (κ1) is 39.8. The quantitative estimate of drug-likeness (QED) is 0.0438. The molecule has 0 saturated heterocycles. The van der Waals surface area contributed by atoms with Crippen LogP contribution in [0, 0.1) is 11.8 Å². The smallest absolute Gasteiger partial charge is 0.247 e. The molecule has 1 rings (SSSR count). The van der Waals surface area contributed by atoms with Crippen LogP contribution in [0.5, 0.6) is 0 Å². The third kappa shape index (κ3) is 20.7. The zero-order chi connectivity index (χ0) is 34.2. The van der Waals surface area contributed by atoms with Crippen molar-refractivity contribution < 1.29 is 52.4 Å². The molecule has 0 bridgehead atoms. The molecule has 0 aromatic rings. The van der Waals surface area contributed by atoms with Crippen LogP contribution in [0.1, 0.15) is 52.4 Å². The van der Waals surface area contributed by atoms with Crippen molar-refractivity contribution in [3.63, 3.8) is 0 Å². The van der Waals surface area contributed by atoms with Crippen molar-refractivity contribution >= 4 is 43.5 Å². The fourth-order valence-electron chi connectivity index (χ4n) is 4.08. The van der Waals surface area contributed by atoms with Crippen LogP contribution < -0.4 is 21.3 Å². The van der Waals surface area contributed by atoms with Gasteiger partial charge >= 0.3 is 185 Å². The molecular weight excluding hydrogens is 603 g/mol. The van der Waals surface area contributed by atoms with Gasteiger partial charge in [-0.15, -0.1) is 0 Å². The van der Waals surface area contributed by atoms with Crippen molar-refractivity contribution in [1.82, 2.24) is 21.3 Å². The van der Waals surface area contributed by atoms with Crippen LogP contribution in [0.2, 0.25) is 0 Å². The predicted molar refractivity (Wildman–Crippen MR) is 169 cm³/mol. The van der Waals surface area contributed by atoms with E-state index in [1.165, 1.54) is 0 Å². The van der Waals surface area contributed by atoms with E-state index in [1.807, 2.05) is 0 Å². The second kappa shape index (κ2) is 24.1. The molecule has 1 fully saturated rings. The van der Waals surface area contributed by atoms with Crippen LogP contribution in [-0.4, -0.2) is 109 Å². The first-order valence-electron chi connectivity index (χ1n) is 15.3. The molecule has 1 aliphatic carbocycles. The minimum absolute atomic E-state index is 0.0189. The molecule has 0 aliphatic heterocycles. The number of alkyl carbamates (subject to hydrolysis) is 3. The molecule has 15 nitrogen and oxygen atoms in total. The van der Waals surface area contributed by atoms with Gasteiger partial charge < -0.3 is 14.8 Å². The summed E-state index contributed by atoms with van der Waals surface area (Å²) >= 11 is 0. The van der Waals surface area contributed by atoms with Crippen LogP contribution in [0.3, 0.4) is 0 Å². The van der Waals surface area contributed by atoms with E-state index in [0.717, 1.165) is 25.7 Å². The second-order valence-corrected chi connectivity index (χ2v) is 10.7. The third-order valence-electron chi connectivity index (χ3n) is 6.43. The van der Waals surface area contributed by atoms with Crippen LogP contribution >= 0.6 is 0 Å². The van der Waals surface area contributed by atoms with E-state index in [1.54, 1.807) is 13.8 Å². The van der Waals surface area contributed by atoms with Gasteiger partial charge in [0.2, 0.25) is 0 Å². The van der Waals surface area contributed by atoms with E-state index in [-0.39, 0.29) is 64.4 Å². The van der Waals surface area contributed by atoms with Gasteiger partial charge in [-0.3, -0.25) is 0 Å². The molecule has 16 heteroatoms. The van der Waals surface area contributed by atoms with Crippen molar-refractivity contribution in [2.45, 2.75) is 52.4 Å². The molecule has 46 heavy (non-hydrogen) atoms. The molecule has 3 amide bonds. The first-order valence-corrected chi connectivity index (χ1v) is 15.3. The Balaban J connectivity index is 2.05. The molecule has 1 radical (unpaired) electrons. The summed E-state index contributed by atoms with van der Waals surface area (Å²) in [6, 6.07) is 0. The van der Waals surface area contributed by atoms with Gasteiger partial charge in [0.15, 0.2) is 0 Å². The number of carbonyl (C=O) groups excluding carboxylic acids is 5. The van der Waals surface area contributed by atoms with Crippen molar-refractivity contribution in [2.75, 3.05) is 65.8 Å². The van der Waals surface area contributed by atoms with Crippen LogP contribution in [0.4, 0.5) is 14.4 Å². The number of carbonyl (C=O) groups is 5. The minimum atomic E-state index is -0.661. The molecule has 1 aliphatic rings. The number of rotatable bonds is 22. The van der Waals surface area contributed by atoms with Gasteiger partial charge in [0.25, 0.3) is 0 Å². The zero-order valence-electron chi connectivity index (χ0n) is 27.0. The van der Waals surface area contributed by atoms with Gasteiger partial charge in [0, 0.05) is 17.6 Å². The predicted octanol–water partition coefficient (Wildman–Crippen LogP) is 1.85. The number of hydrogen-bond acceptors (Lipinski definition) is 12. The second-order valence-electron chi connectivity index (χ2n) is 10.7. The number of esters is 2. The molecule has 0 aromatic heterocycles. The summed E-state index contributed by atoms with van der Waals surface area (Å²) in [5.74, 6) is -0.200. The Labute approximate surface area is 271 Å². The van der Waals surface area contributed by atoms with Crippen molar-refractivity contribution in [1.29, 1.82) is 0 Å². The van der Waals surface area contributed by atoms with Crippen molar-refractivity contribution in [3.05, 3.63) is 24.3 Å². The monoisotopic (exact) mass is 651 g/mol. The topological polar surface area (TPSA) is 189 Å². The Morgan fingerprint density at radius 1 is 0.609 bits per heavy atom. The van der Waals surface area contributed by atoms with Crippen LogP contribution in [0.15, 0.2) is 24.3 Å². The standard InChI is InChI=1S/C30H48BN4O11/c1-21(2)25(36)41-12-6-14-44-28(38)32-10-16-43-27(31)34-19-23-8-5-9-24(18-23)20-35-30(40)46-17-11-33-29(39)45-15-7-13-42-26(37)22(3)4/h23-24,34H,1,3,5-20H2,2,4H3,(H,32,38)(H,33,39)(H,35,40). The Hall–Kier alpha value is -4.24. The van der Waals surface area contributed by atoms with Gasteiger partial charge in [0.1, 0.15) is 0 Å². The molecule has 2 atom stereocenters. The van der Waals surface area contributed by atoms with Crippen molar-refractivity contribution in [3.8, 4) is 0 Å². The Morgan fingerprint density at radius 3 is 1.52 bits per heavy atom. The number of nitrogens with one attached hydrogen (secondary N) is 4. The van der Waals surface area contributed by atoms with E-state index in [4.69, 9.17) is 35.9 Å². The van der Waals surface area contributed by atoms with Crippen LogP contribution in [0.25, 0.3) is 0 Å². The summed E-state index contributed by atoms with van der Waals surface area (Å²) in [4.78, 5) is 57.9. The Bertz CT molecular complexity index is 962. The van der Waals surface area contributed by atoms with Gasteiger partial charge in [-0.25, -0.2) is 14.4 Å². The fraction of sp³-hybridized carbons (Fsp3) is 0.667. The Kier molecular flexibility index (Phi) is 20.8. The molecular formula is C30H48BN4O11. The van der Waals surface area contributed by atoms with Gasteiger partial charge in [-0.1, -0.05) is 13.2 Å². The van der Waals surface area contributed by atoms with E-state index < -0.39 is 30.2 Å². The summed E-state index contributed by atoms with van der Waals surface area (Å²) in [5.41, 5.74) is 0.604. The van der Waals surface area contributed by atoms with Crippen molar-refractivity contribution in [2.24, 2.45) is 11.8 Å². The molecule has 4 N–H and O–H groups in total. The first-order chi connectivity index (χ1) is 22.0.